The van der Waals surface area contributed by atoms with E-state index in [2.05, 4.69) is 15.8 Å². The van der Waals surface area contributed by atoms with E-state index in [1.807, 2.05) is 19.9 Å². The highest BCUT2D eigenvalue weighted by Gasteiger charge is 2.08. The number of hydrogen-bond donors (Lipinski definition) is 2. The molecule has 0 spiro atoms. The van der Waals surface area contributed by atoms with Gasteiger partial charge in [0.15, 0.2) is 0 Å². The number of rotatable bonds is 5. The Morgan fingerprint density at radius 1 is 1.56 bits per heavy atom. The van der Waals surface area contributed by atoms with E-state index in [0.29, 0.717) is 6.54 Å². The summed E-state index contributed by atoms with van der Waals surface area (Å²) in [5, 5.41) is 17.5. The number of nitriles is 1. The Kier molecular flexibility index (Phi) is 4.48. The van der Waals surface area contributed by atoms with Gasteiger partial charge in [0.1, 0.15) is 12.3 Å². The van der Waals surface area contributed by atoms with Gasteiger partial charge in [-0.3, -0.25) is 4.79 Å². The zero-order valence-electron chi connectivity index (χ0n) is 9.33. The van der Waals surface area contributed by atoms with Gasteiger partial charge in [0.05, 0.1) is 18.3 Å². The van der Waals surface area contributed by atoms with E-state index in [1.54, 1.807) is 0 Å². The smallest absolute Gasteiger partial charge is 0.234 e. The lowest BCUT2D eigenvalue weighted by molar-refractivity contribution is -0.120. The molecule has 6 heteroatoms. The van der Waals surface area contributed by atoms with Crippen LogP contribution in [0.15, 0.2) is 4.52 Å². The minimum atomic E-state index is -0.201. The first-order chi connectivity index (χ1) is 7.65. The number of nitrogens with one attached hydrogen (secondary N) is 2. The number of aromatic nitrogens is 1. The lowest BCUT2D eigenvalue weighted by Gasteiger charge is -2.03. The maximum atomic E-state index is 11.1. The minimum Gasteiger partial charge on any atom is -0.361 e. The minimum absolute atomic E-state index is 0.0336. The van der Waals surface area contributed by atoms with Crippen molar-refractivity contribution in [2.45, 2.75) is 20.4 Å². The summed E-state index contributed by atoms with van der Waals surface area (Å²) in [6.45, 7) is 4.41. The van der Waals surface area contributed by atoms with E-state index in [1.165, 1.54) is 0 Å². The number of amides is 1. The number of nitrogens with zero attached hydrogens (tertiary/aromatic N) is 2. The SMILES string of the molecule is Cc1noc(C)c1CNCC(=O)NCC#N. The topological polar surface area (TPSA) is 90.9 Å². The third-order valence-corrected chi connectivity index (χ3v) is 2.13. The van der Waals surface area contributed by atoms with Crippen LogP contribution in [0, 0.1) is 25.2 Å². The molecule has 1 amide bonds. The molecule has 1 aromatic rings. The molecule has 0 aromatic carbocycles. The molecular weight excluding hydrogens is 208 g/mol. The van der Waals surface area contributed by atoms with Crippen LogP contribution in [0.4, 0.5) is 0 Å². The number of hydrogen-bond acceptors (Lipinski definition) is 5. The summed E-state index contributed by atoms with van der Waals surface area (Å²) in [6.07, 6.45) is 0. The summed E-state index contributed by atoms with van der Waals surface area (Å²) in [7, 11) is 0. The number of carbonyl (C=O) groups excluding carboxylic acids is 1. The van der Waals surface area contributed by atoms with Crippen molar-refractivity contribution in [3.05, 3.63) is 17.0 Å². The monoisotopic (exact) mass is 222 g/mol. The molecule has 0 fully saturated rings. The third kappa shape index (κ3) is 3.37. The predicted octanol–water partition coefficient (Wildman–Crippen LogP) is 0.0208. The van der Waals surface area contributed by atoms with Gasteiger partial charge >= 0.3 is 0 Å². The normalized spacial score (nSPS) is 9.81. The van der Waals surface area contributed by atoms with Gasteiger partial charge in [0, 0.05) is 12.1 Å². The van der Waals surface area contributed by atoms with Crippen LogP contribution in [0.1, 0.15) is 17.0 Å². The summed E-state index contributed by atoms with van der Waals surface area (Å²) in [6, 6.07) is 1.84. The van der Waals surface area contributed by atoms with Crippen LogP contribution in [0.5, 0.6) is 0 Å². The quantitative estimate of drug-likeness (QED) is 0.685. The Morgan fingerprint density at radius 2 is 2.31 bits per heavy atom. The molecule has 0 saturated heterocycles. The van der Waals surface area contributed by atoms with Crippen molar-refractivity contribution in [1.29, 1.82) is 5.26 Å². The summed E-state index contributed by atoms with van der Waals surface area (Å²) < 4.78 is 4.98. The van der Waals surface area contributed by atoms with Crippen LogP contribution >= 0.6 is 0 Å². The summed E-state index contributed by atoms with van der Waals surface area (Å²) >= 11 is 0. The second-order valence-corrected chi connectivity index (χ2v) is 3.34. The average Bonchev–Trinajstić information content (AvgIpc) is 2.57. The molecule has 0 aliphatic carbocycles. The average molecular weight is 222 g/mol. The maximum absolute atomic E-state index is 11.1. The first kappa shape index (κ1) is 12.2. The van der Waals surface area contributed by atoms with Crippen molar-refractivity contribution in [1.82, 2.24) is 15.8 Å². The van der Waals surface area contributed by atoms with Crippen LogP contribution in [-0.4, -0.2) is 24.2 Å². The molecule has 2 N–H and O–H groups in total. The standard InChI is InChI=1S/C10H14N4O2/c1-7-9(8(2)16-14-7)5-12-6-10(15)13-4-3-11/h12H,4-6H2,1-2H3,(H,13,15). The molecule has 1 aromatic heterocycles. The van der Waals surface area contributed by atoms with Crippen LogP contribution < -0.4 is 10.6 Å². The number of aryl methyl sites for hydroxylation is 2. The van der Waals surface area contributed by atoms with E-state index in [4.69, 9.17) is 9.78 Å². The van der Waals surface area contributed by atoms with Crippen molar-refractivity contribution < 1.29 is 9.32 Å². The highest BCUT2D eigenvalue weighted by Crippen LogP contribution is 2.10. The van der Waals surface area contributed by atoms with Gasteiger partial charge in [-0.05, 0) is 13.8 Å². The fourth-order valence-electron chi connectivity index (χ4n) is 1.26. The van der Waals surface area contributed by atoms with Gasteiger partial charge in [-0.1, -0.05) is 5.16 Å². The van der Waals surface area contributed by atoms with E-state index >= 15 is 0 Å². The van der Waals surface area contributed by atoms with Crippen LogP contribution in [-0.2, 0) is 11.3 Å². The van der Waals surface area contributed by atoms with Crippen molar-refractivity contribution in [2.24, 2.45) is 0 Å². The first-order valence-electron chi connectivity index (χ1n) is 4.91. The molecule has 16 heavy (non-hydrogen) atoms. The molecule has 86 valence electrons. The van der Waals surface area contributed by atoms with Crippen LogP contribution in [0.2, 0.25) is 0 Å². The highest BCUT2D eigenvalue weighted by molar-refractivity contribution is 5.78. The highest BCUT2D eigenvalue weighted by atomic mass is 16.5. The van der Waals surface area contributed by atoms with Crippen molar-refractivity contribution >= 4 is 5.91 Å². The molecule has 0 saturated carbocycles. The largest absolute Gasteiger partial charge is 0.361 e. The fourth-order valence-corrected chi connectivity index (χ4v) is 1.26. The van der Waals surface area contributed by atoms with E-state index in [-0.39, 0.29) is 19.0 Å². The van der Waals surface area contributed by atoms with Crippen LogP contribution in [0.3, 0.4) is 0 Å². The molecule has 0 radical (unpaired) electrons. The molecule has 0 aliphatic rings. The van der Waals surface area contributed by atoms with Crippen molar-refractivity contribution in [2.75, 3.05) is 13.1 Å². The summed E-state index contributed by atoms with van der Waals surface area (Å²) in [4.78, 5) is 11.1. The lowest BCUT2D eigenvalue weighted by atomic mass is 10.2. The molecule has 1 heterocycles. The van der Waals surface area contributed by atoms with E-state index in [9.17, 15) is 4.79 Å². The van der Waals surface area contributed by atoms with Crippen LogP contribution in [0.25, 0.3) is 0 Å². The van der Waals surface area contributed by atoms with Gasteiger partial charge in [-0.25, -0.2) is 0 Å². The lowest BCUT2D eigenvalue weighted by Crippen LogP contribution is -2.33. The Labute approximate surface area is 93.6 Å². The van der Waals surface area contributed by atoms with Gasteiger partial charge in [-0.15, -0.1) is 0 Å². The molecule has 0 aliphatic heterocycles. The molecule has 0 unspecified atom stereocenters. The maximum Gasteiger partial charge on any atom is 0.234 e. The third-order valence-electron chi connectivity index (χ3n) is 2.13. The molecular formula is C10H14N4O2. The van der Waals surface area contributed by atoms with E-state index in [0.717, 1.165) is 17.0 Å². The Balaban J connectivity index is 2.31. The van der Waals surface area contributed by atoms with Gasteiger partial charge in [0.2, 0.25) is 5.91 Å². The molecule has 0 bridgehead atoms. The summed E-state index contributed by atoms with van der Waals surface area (Å²) in [5.74, 6) is 0.552. The Bertz CT molecular complexity index is 386. The van der Waals surface area contributed by atoms with E-state index < -0.39 is 0 Å². The molecule has 1 rings (SSSR count). The first-order valence-corrected chi connectivity index (χ1v) is 4.91. The van der Waals surface area contributed by atoms with Crippen molar-refractivity contribution in [3.8, 4) is 6.07 Å². The van der Waals surface area contributed by atoms with Gasteiger partial charge in [-0.2, -0.15) is 5.26 Å². The van der Waals surface area contributed by atoms with Crippen molar-refractivity contribution in [3.63, 3.8) is 0 Å². The van der Waals surface area contributed by atoms with Gasteiger partial charge < -0.3 is 15.2 Å². The Morgan fingerprint density at radius 3 is 2.88 bits per heavy atom. The summed E-state index contributed by atoms with van der Waals surface area (Å²) in [5.41, 5.74) is 1.79. The number of carbonyl (C=O) groups is 1. The molecule has 6 nitrogen and oxygen atoms in total. The Hall–Kier alpha value is -1.87. The van der Waals surface area contributed by atoms with Gasteiger partial charge in [0.25, 0.3) is 0 Å². The fraction of sp³-hybridized carbons (Fsp3) is 0.500. The zero-order valence-corrected chi connectivity index (χ0v) is 9.33. The second kappa shape index (κ2) is 5.88. The molecule has 0 atom stereocenters. The second-order valence-electron chi connectivity index (χ2n) is 3.34. The zero-order chi connectivity index (χ0) is 12.0. The predicted molar refractivity (Wildman–Crippen MR) is 56.3 cm³/mol.